The maximum atomic E-state index is 12.7. The van der Waals surface area contributed by atoms with E-state index in [9.17, 15) is 9.59 Å². The average molecular weight is 404 g/mol. The summed E-state index contributed by atoms with van der Waals surface area (Å²) < 4.78 is 1.02. The third-order valence-electron chi connectivity index (χ3n) is 4.11. The van der Waals surface area contributed by atoms with Gasteiger partial charge in [-0.1, -0.05) is 15.9 Å². The molecule has 25 heavy (non-hydrogen) atoms. The van der Waals surface area contributed by atoms with Gasteiger partial charge in [-0.15, -0.1) is 10.2 Å². The summed E-state index contributed by atoms with van der Waals surface area (Å²) in [6.07, 6.45) is 0.673. The summed E-state index contributed by atoms with van der Waals surface area (Å²) in [5.74, 6) is 0.173. The summed E-state index contributed by atoms with van der Waals surface area (Å²) in [6, 6.07) is 8.73. The van der Waals surface area contributed by atoms with Crippen LogP contribution in [-0.4, -0.2) is 41.6 Å². The van der Waals surface area contributed by atoms with E-state index in [1.807, 2.05) is 25.1 Å². The molecule has 1 aromatic heterocycles. The summed E-state index contributed by atoms with van der Waals surface area (Å²) in [5, 5.41) is 13.4. The molecular weight excluding hydrogens is 386 g/mol. The Hall–Kier alpha value is -2.48. The van der Waals surface area contributed by atoms with Crippen LogP contribution in [0, 0.1) is 6.92 Å². The van der Waals surface area contributed by atoms with Crippen LogP contribution in [0.1, 0.15) is 22.5 Å². The molecule has 0 radical (unpaired) electrons. The van der Waals surface area contributed by atoms with Gasteiger partial charge in [0.1, 0.15) is 11.9 Å². The van der Waals surface area contributed by atoms with E-state index in [1.165, 1.54) is 7.05 Å². The van der Waals surface area contributed by atoms with Gasteiger partial charge in [0.25, 0.3) is 5.91 Å². The zero-order chi connectivity index (χ0) is 18.0. The highest BCUT2D eigenvalue weighted by atomic mass is 79.9. The molecule has 3 rings (SSSR count). The maximum absolute atomic E-state index is 12.7. The average Bonchev–Trinajstić information content (AvgIpc) is 2.98. The van der Waals surface area contributed by atoms with E-state index in [1.54, 1.807) is 17.0 Å². The minimum atomic E-state index is -0.357. The number of carbonyl (C=O) groups is 2. The van der Waals surface area contributed by atoms with Gasteiger partial charge in [0.05, 0.1) is 0 Å². The highest BCUT2D eigenvalue weighted by Gasteiger charge is 2.33. The zero-order valence-corrected chi connectivity index (χ0v) is 15.5. The highest BCUT2D eigenvalue weighted by molar-refractivity contribution is 9.10. The number of aromatic nitrogens is 2. The number of aryl methyl sites for hydroxylation is 1. The fraction of sp³-hybridized carbons (Fsp3) is 0.294. The molecule has 1 fully saturated rings. The molecule has 2 aromatic rings. The maximum Gasteiger partial charge on any atom is 0.271 e. The molecule has 130 valence electrons. The second kappa shape index (κ2) is 7.18. The number of benzene rings is 1. The first kappa shape index (κ1) is 17.3. The zero-order valence-electron chi connectivity index (χ0n) is 13.9. The van der Waals surface area contributed by atoms with Gasteiger partial charge in [-0.25, -0.2) is 0 Å². The predicted molar refractivity (Wildman–Crippen MR) is 98.7 cm³/mol. The Morgan fingerprint density at radius 1 is 1.28 bits per heavy atom. The number of anilines is 2. The Morgan fingerprint density at radius 3 is 2.72 bits per heavy atom. The molecule has 0 spiro atoms. The molecule has 1 unspecified atom stereocenters. The molecule has 2 N–H and O–H groups in total. The second-order valence-electron chi connectivity index (χ2n) is 5.79. The minimum absolute atomic E-state index is 0.00102. The van der Waals surface area contributed by atoms with Gasteiger partial charge in [-0.3, -0.25) is 9.59 Å². The Morgan fingerprint density at radius 2 is 2.08 bits per heavy atom. The number of carbonyl (C=O) groups excluding carboxylic acids is 2. The monoisotopic (exact) mass is 403 g/mol. The molecule has 1 aliphatic rings. The van der Waals surface area contributed by atoms with Crippen LogP contribution in [-0.2, 0) is 4.79 Å². The molecule has 1 atom stereocenters. The van der Waals surface area contributed by atoms with Crippen LogP contribution in [0.4, 0.5) is 11.5 Å². The van der Waals surface area contributed by atoms with Crippen molar-refractivity contribution in [3.05, 3.63) is 46.1 Å². The van der Waals surface area contributed by atoms with E-state index in [-0.39, 0.29) is 23.6 Å². The lowest BCUT2D eigenvalue weighted by Gasteiger charge is -2.18. The van der Waals surface area contributed by atoms with E-state index in [0.717, 1.165) is 15.7 Å². The predicted octanol–water partition coefficient (Wildman–Crippen LogP) is 2.12. The van der Waals surface area contributed by atoms with Gasteiger partial charge in [0.15, 0.2) is 5.69 Å². The molecule has 1 aromatic carbocycles. The third kappa shape index (κ3) is 3.63. The van der Waals surface area contributed by atoms with Crippen LogP contribution < -0.4 is 15.5 Å². The number of nitrogens with one attached hydrogen (secondary N) is 2. The van der Waals surface area contributed by atoms with Crippen LogP contribution >= 0.6 is 15.9 Å². The SMILES string of the molecule is CNC(=O)c1ccc(NC2CCN(c3ccc(Br)c(C)c3)C2=O)nn1. The molecule has 2 heterocycles. The minimum Gasteiger partial charge on any atom is -0.357 e. The summed E-state index contributed by atoms with van der Waals surface area (Å²) in [7, 11) is 1.53. The lowest BCUT2D eigenvalue weighted by molar-refractivity contribution is -0.117. The van der Waals surface area contributed by atoms with E-state index in [4.69, 9.17) is 0 Å². The first-order valence-electron chi connectivity index (χ1n) is 7.89. The Labute approximate surface area is 153 Å². The fourth-order valence-electron chi connectivity index (χ4n) is 2.70. The molecule has 1 aliphatic heterocycles. The van der Waals surface area contributed by atoms with E-state index in [0.29, 0.717) is 18.8 Å². The van der Waals surface area contributed by atoms with Crippen molar-refractivity contribution in [2.45, 2.75) is 19.4 Å². The molecule has 0 saturated carbocycles. The van der Waals surface area contributed by atoms with Gasteiger partial charge in [0.2, 0.25) is 5.91 Å². The van der Waals surface area contributed by atoms with Crippen molar-refractivity contribution in [2.24, 2.45) is 0 Å². The summed E-state index contributed by atoms with van der Waals surface area (Å²) in [4.78, 5) is 25.9. The summed E-state index contributed by atoms with van der Waals surface area (Å²) in [6.45, 7) is 2.63. The van der Waals surface area contributed by atoms with Gasteiger partial charge >= 0.3 is 0 Å². The quantitative estimate of drug-likeness (QED) is 0.816. The molecule has 1 saturated heterocycles. The van der Waals surface area contributed by atoms with Crippen molar-refractivity contribution >= 4 is 39.2 Å². The molecular formula is C17H18BrN5O2. The fourth-order valence-corrected chi connectivity index (χ4v) is 2.95. The van der Waals surface area contributed by atoms with E-state index in [2.05, 4.69) is 36.8 Å². The van der Waals surface area contributed by atoms with Crippen molar-refractivity contribution in [3.8, 4) is 0 Å². The Kier molecular flexibility index (Phi) is 4.98. The van der Waals surface area contributed by atoms with Gasteiger partial charge in [-0.05, 0) is 49.2 Å². The Bertz CT molecular complexity index is 809. The first-order chi connectivity index (χ1) is 12.0. The molecule has 8 heteroatoms. The lowest BCUT2D eigenvalue weighted by atomic mass is 10.2. The number of nitrogens with zero attached hydrogens (tertiary/aromatic N) is 3. The summed E-state index contributed by atoms with van der Waals surface area (Å²) in [5.41, 5.74) is 2.20. The van der Waals surface area contributed by atoms with Crippen LogP contribution in [0.15, 0.2) is 34.8 Å². The normalized spacial score (nSPS) is 16.8. The first-order valence-corrected chi connectivity index (χ1v) is 8.69. The number of amides is 2. The largest absolute Gasteiger partial charge is 0.357 e. The smallest absolute Gasteiger partial charge is 0.271 e. The van der Waals surface area contributed by atoms with E-state index < -0.39 is 0 Å². The number of hydrogen-bond acceptors (Lipinski definition) is 5. The van der Waals surface area contributed by atoms with Gasteiger partial charge in [-0.2, -0.15) is 0 Å². The molecule has 0 bridgehead atoms. The lowest BCUT2D eigenvalue weighted by Crippen LogP contribution is -2.33. The summed E-state index contributed by atoms with van der Waals surface area (Å²) >= 11 is 3.47. The van der Waals surface area contributed by atoms with Crippen molar-refractivity contribution < 1.29 is 9.59 Å². The highest BCUT2D eigenvalue weighted by Crippen LogP contribution is 2.27. The van der Waals surface area contributed by atoms with Gasteiger partial charge in [0, 0.05) is 23.8 Å². The molecule has 7 nitrogen and oxygen atoms in total. The van der Waals surface area contributed by atoms with E-state index >= 15 is 0 Å². The van der Waals surface area contributed by atoms with Crippen LogP contribution in [0.3, 0.4) is 0 Å². The number of rotatable bonds is 4. The topological polar surface area (TPSA) is 87.2 Å². The standard InChI is InChI=1S/C17H18BrN5O2/c1-10-9-11(3-4-12(10)18)23-8-7-14(17(23)25)20-15-6-5-13(21-22-15)16(24)19-2/h3-6,9,14H,7-8H2,1-2H3,(H,19,24)(H,20,22). The number of halogens is 1. The van der Waals surface area contributed by atoms with Crippen LogP contribution in [0.2, 0.25) is 0 Å². The third-order valence-corrected chi connectivity index (χ3v) is 4.99. The Balaban J connectivity index is 1.69. The van der Waals surface area contributed by atoms with Crippen molar-refractivity contribution in [3.63, 3.8) is 0 Å². The van der Waals surface area contributed by atoms with Crippen molar-refractivity contribution in [1.82, 2.24) is 15.5 Å². The van der Waals surface area contributed by atoms with Crippen molar-refractivity contribution in [1.29, 1.82) is 0 Å². The van der Waals surface area contributed by atoms with Crippen LogP contribution in [0.5, 0.6) is 0 Å². The molecule has 2 amide bonds. The number of hydrogen-bond donors (Lipinski definition) is 2. The van der Waals surface area contributed by atoms with Crippen molar-refractivity contribution in [2.75, 3.05) is 23.8 Å². The second-order valence-corrected chi connectivity index (χ2v) is 6.65. The van der Waals surface area contributed by atoms with Crippen LogP contribution in [0.25, 0.3) is 0 Å². The van der Waals surface area contributed by atoms with Gasteiger partial charge < -0.3 is 15.5 Å². The molecule has 0 aliphatic carbocycles.